The van der Waals surface area contributed by atoms with E-state index in [0.29, 0.717) is 6.04 Å². The maximum Gasteiger partial charge on any atom is 0.125 e. The summed E-state index contributed by atoms with van der Waals surface area (Å²) in [5.41, 5.74) is 3.83. The Morgan fingerprint density at radius 1 is 1.31 bits per heavy atom. The van der Waals surface area contributed by atoms with E-state index >= 15 is 0 Å². The molecule has 90 valence electrons. The molecule has 2 nitrogen and oxygen atoms in total. The highest BCUT2D eigenvalue weighted by molar-refractivity contribution is 5.44. The van der Waals surface area contributed by atoms with Crippen LogP contribution in [0.4, 0.5) is 0 Å². The Kier molecular flexibility index (Phi) is 4.81. The van der Waals surface area contributed by atoms with Gasteiger partial charge in [0.05, 0.1) is 7.11 Å². The number of nitrogens with one attached hydrogen (secondary N) is 1. The fourth-order valence-corrected chi connectivity index (χ4v) is 2.24. The second-order valence-corrected chi connectivity index (χ2v) is 4.44. The van der Waals surface area contributed by atoms with E-state index in [9.17, 15) is 0 Å². The van der Waals surface area contributed by atoms with Gasteiger partial charge in [0.15, 0.2) is 0 Å². The summed E-state index contributed by atoms with van der Waals surface area (Å²) in [6.45, 7) is 9.59. The van der Waals surface area contributed by atoms with Crippen molar-refractivity contribution in [1.29, 1.82) is 0 Å². The van der Waals surface area contributed by atoms with Crippen molar-refractivity contribution in [2.45, 2.75) is 40.2 Å². The number of hydrogen-bond donors (Lipinski definition) is 1. The lowest BCUT2D eigenvalue weighted by Crippen LogP contribution is -2.27. The molecule has 1 aromatic carbocycles. The van der Waals surface area contributed by atoms with E-state index in [4.69, 9.17) is 4.74 Å². The standard InChI is InChI=1S/C14H23NO/c1-6-15-12(4)9-13-8-10(2)7-11(3)14(13)16-5/h7-8,12,15H,6,9H2,1-5H3. The third-order valence-corrected chi connectivity index (χ3v) is 2.78. The monoisotopic (exact) mass is 221 g/mol. The average molecular weight is 221 g/mol. The van der Waals surface area contributed by atoms with Crippen LogP contribution in [0.5, 0.6) is 5.75 Å². The molecule has 0 amide bonds. The maximum absolute atomic E-state index is 5.48. The molecule has 0 aliphatic heterocycles. The summed E-state index contributed by atoms with van der Waals surface area (Å²) in [6, 6.07) is 4.88. The van der Waals surface area contributed by atoms with Gasteiger partial charge in [-0.15, -0.1) is 0 Å². The van der Waals surface area contributed by atoms with E-state index in [1.165, 1.54) is 16.7 Å². The van der Waals surface area contributed by atoms with E-state index < -0.39 is 0 Å². The lowest BCUT2D eigenvalue weighted by Gasteiger charge is -2.17. The van der Waals surface area contributed by atoms with Crippen LogP contribution in [0.2, 0.25) is 0 Å². The predicted molar refractivity (Wildman–Crippen MR) is 69.3 cm³/mol. The molecule has 0 spiro atoms. The molecule has 2 heteroatoms. The minimum absolute atomic E-state index is 0.486. The summed E-state index contributed by atoms with van der Waals surface area (Å²) in [5, 5.41) is 3.43. The number of hydrogen-bond acceptors (Lipinski definition) is 2. The van der Waals surface area contributed by atoms with Gasteiger partial charge in [-0.2, -0.15) is 0 Å². The van der Waals surface area contributed by atoms with Gasteiger partial charge in [0.2, 0.25) is 0 Å². The minimum atomic E-state index is 0.486. The molecule has 1 atom stereocenters. The minimum Gasteiger partial charge on any atom is -0.496 e. The summed E-state index contributed by atoms with van der Waals surface area (Å²) in [7, 11) is 1.75. The number of methoxy groups -OCH3 is 1. The molecule has 1 aromatic rings. The SMILES string of the molecule is CCNC(C)Cc1cc(C)cc(C)c1OC. The molecule has 0 fully saturated rings. The van der Waals surface area contributed by atoms with Crippen molar-refractivity contribution in [3.05, 3.63) is 28.8 Å². The van der Waals surface area contributed by atoms with E-state index in [-0.39, 0.29) is 0 Å². The number of benzene rings is 1. The smallest absolute Gasteiger partial charge is 0.125 e. The molecule has 1 N–H and O–H groups in total. The maximum atomic E-state index is 5.48. The quantitative estimate of drug-likeness (QED) is 0.825. The van der Waals surface area contributed by atoms with Crippen molar-refractivity contribution in [3.8, 4) is 5.75 Å². The summed E-state index contributed by atoms with van der Waals surface area (Å²) < 4.78 is 5.48. The van der Waals surface area contributed by atoms with E-state index in [1.807, 2.05) is 0 Å². The molecule has 0 aliphatic rings. The van der Waals surface area contributed by atoms with Gasteiger partial charge in [0.1, 0.15) is 5.75 Å². The third-order valence-electron chi connectivity index (χ3n) is 2.78. The van der Waals surface area contributed by atoms with Crippen LogP contribution in [0, 0.1) is 13.8 Å². The molecule has 16 heavy (non-hydrogen) atoms. The lowest BCUT2D eigenvalue weighted by molar-refractivity contribution is 0.403. The first-order valence-corrected chi connectivity index (χ1v) is 5.96. The predicted octanol–water partition coefficient (Wildman–Crippen LogP) is 2.85. The Morgan fingerprint density at radius 3 is 2.56 bits per heavy atom. The summed E-state index contributed by atoms with van der Waals surface area (Å²) >= 11 is 0. The molecule has 0 bridgehead atoms. The first-order chi connectivity index (χ1) is 7.58. The van der Waals surface area contributed by atoms with Gasteiger partial charge in [-0.25, -0.2) is 0 Å². The van der Waals surface area contributed by atoms with Crippen LogP contribution in [0.3, 0.4) is 0 Å². The third kappa shape index (κ3) is 3.24. The Balaban J connectivity index is 2.93. The van der Waals surface area contributed by atoms with Crippen LogP contribution in [-0.2, 0) is 6.42 Å². The lowest BCUT2D eigenvalue weighted by atomic mass is 10.00. The fourth-order valence-electron chi connectivity index (χ4n) is 2.24. The fraction of sp³-hybridized carbons (Fsp3) is 0.571. The molecular weight excluding hydrogens is 198 g/mol. The molecule has 0 heterocycles. The largest absolute Gasteiger partial charge is 0.496 e. The number of aryl methyl sites for hydroxylation is 2. The number of ether oxygens (including phenoxy) is 1. The Bertz CT molecular complexity index is 347. The van der Waals surface area contributed by atoms with Gasteiger partial charge < -0.3 is 10.1 Å². The van der Waals surface area contributed by atoms with Gasteiger partial charge in [-0.05, 0) is 44.9 Å². The molecule has 0 radical (unpaired) electrons. The molecule has 1 rings (SSSR count). The Hall–Kier alpha value is -1.02. The van der Waals surface area contributed by atoms with Crippen molar-refractivity contribution >= 4 is 0 Å². The van der Waals surface area contributed by atoms with Crippen LogP contribution in [0.25, 0.3) is 0 Å². The zero-order chi connectivity index (χ0) is 12.1. The van der Waals surface area contributed by atoms with Crippen molar-refractivity contribution in [2.24, 2.45) is 0 Å². The molecule has 0 saturated heterocycles. The summed E-state index contributed by atoms with van der Waals surface area (Å²) in [5.74, 6) is 1.04. The molecular formula is C14H23NO. The van der Waals surface area contributed by atoms with E-state index in [2.05, 4.69) is 45.1 Å². The van der Waals surface area contributed by atoms with Gasteiger partial charge >= 0.3 is 0 Å². The van der Waals surface area contributed by atoms with Crippen LogP contribution >= 0.6 is 0 Å². The van der Waals surface area contributed by atoms with Gasteiger partial charge in [-0.1, -0.05) is 24.6 Å². The molecule has 0 aromatic heterocycles. The average Bonchev–Trinajstić information content (AvgIpc) is 2.17. The zero-order valence-electron chi connectivity index (χ0n) is 11.1. The van der Waals surface area contributed by atoms with Crippen LogP contribution < -0.4 is 10.1 Å². The Labute approximate surface area is 99.0 Å². The highest BCUT2D eigenvalue weighted by Crippen LogP contribution is 2.26. The molecule has 0 aliphatic carbocycles. The zero-order valence-corrected chi connectivity index (χ0v) is 11.1. The highest BCUT2D eigenvalue weighted by Gasteiger charge is 2.10. The van der Waals surface area contributed by atoms with Crippen molar-refractivity contribution < 1.29 is 4.74 Å². The van der Waals surface area contributed by atoms with Gasteiger partial charge in [0.25, 0.3) is 0 Å². The van der Waals surface area contributed by atoms with Crippen molar-refractivity contribution in [3.63, 3.8) is 0 Å². The van der Waals surface area contributed by atoms with Gasteiger partial charge in [0, 0.05) is 6.04 Å². The molecule has 0 saturated carbocycles. The normalized spacial score (nSPS) is 12.6. The highest BCUT2D eigenvalue weighted by atomic mass is 16.5. The summed E-state index contributed by atoms with van der Waals surface area (Å²) in [6.07, 6.45) is 1.01. The van der Waals surface area contributed by atoms with Crippen LogP contribution in [-0.4, -0.2) is 19.7 Å². The van der Waals surface area contributed by atoms with Crippen LogP contribution in [0.1, 0.15) is 30.5 Å². The number of likely N-dealkylation sites (N-methyl/N-ethyl adjacent to an activating group) is 1. The summed E-state index contributed by atoms with van der Waals surface area (Å²) in [4.78, 5) is 0. The molecule has 1 unspecified atom stereocenters. The van der Waals surface area contributed by atoms with E-state index in [0.717, 1.165) is 18.7 Å². The number of rotatable bonds is 5. The topological polar surface area (TPSA) is 21.3 Å². The van der Waals surface area contributed by atoms with Crippen molar-refractivity contribution in [1.82, 2.24) is 5.32 Å². The van der Waals surface area contributed by atoms with Crippen molar-refractivity contribution in [2.75, 3.05) is 13.7 Å². The first kappa shape index (κ1) is 13.0. The second kappa shape index (κ2) is 5.90. The second-order valence-electron chi connectivity index (χ2n) is 4.44. The van der Waals surface area contributed by atoms with Crippen LogP contribution in [0.15, 0.2) is 12.1 Å². The first-order valence-electron chi connectivity index (χ1n) is 5.96. The van der Waals surface area contributed by atoms with E-state index in [1.54, 1.807) is 7.11 Å². The van der Waals surface area contributed by atoms with Gasteiger partial charge in [-0.3, -0.25) is 0 Å². The Morgan fingerprint density at radius 2 is 2.00 bits per heavy atom.